The van der Waals surface area contributed by atoms with Crippen LogP contribution in [0, 0.1) is 0 Å². The molecule has 8 heteroatoms. The summed E-state index contributed by atoms with van der Waals surface area (Å²) in [5.41, 5.74) is 2.62. The number of benzene rings is 2. The first-order valence-corrected chi connectivity index (χ1v) is 10.6. The van der Waals surface area contributed by atoms with E-state index in [1.807, 2.05) is 54.6 Å². The van der Waals surface area contributed by atoms with E-state index in [4.69, 9.17) is 16.3 Å². The Balaban J connectivity index is 1.38. The molecule has 0 atom stereocenters. The summed E-state index contributed by atoms with van der Waals surface area (Å²) >= 11 is 7.53. The second kappa shape index (κ2) is 9.97. The van der Waals surface area contributed by atoms with Crippen LogP contribution in [0.5, 0.6) is 5.75 Å². The average molecular weight is 449 g/mol. The van der Waals surface area contributed by atoms with Gasteiger partial charge in [0, 0.05) is 18.1 Å². The van der Waals surface area contributed by atoms with Gasteiger partial charge >= 0.3 is 0 Å². The second-order valence-electron chi connectivity index (χ2n) is 6.44. The van der Waals surface area contributed by atoms with Gasteiger partial charge in [0.2, 0.25) is 5.01 Å². The molecule has 0 saturated heterocycles. The molecule has 2 heterocycles. The smallest absolute Gasteiger partial charge is 0.286 e. The molecule has 0 bridgehead atoms. The normalized spacial score (nSPS) is 11.2. The van der Waals surface area contributed by atoms with Gasteiger partial charge in [-0.3, -0.25) is 9.78 Å². The number of anilines is 1. The van der Waals surface area contributed by atoms with E-state index in [1.54, 1.807) is 30.6 Å². The first-order valence-electron chi connectivity index (χ1n) is 9.36. The zero-order chi connectivity index (χ0) is 21.5. The highest BCUT2D eigenvalue weighted by Gasteiger charge is 2.14. The van der Waals surface area contributed by atoms with Crippen LogP contribution in [0.15, 0.2) is 79.1 Å². The van der Waals surface area contributed by atoms with Gasteiger partial charge in [0.15, 0.2) is 5.01 Å². The van der Waals surface area contributed by atoms with Crippen molar-refractivity contribution in [3.63, 3.8) is 0 Å². The molecule has 0 unspecified atom stereocenters. The van der Waals surface area contributed by atoms with Crippen LogP contribution < -0.4 is 10.1 Å². The number of pyridine rings is 1. The number of amides is 1. The molecular weight excluding hydrogens is 432 g/mol. The quantitative estimate of drug-likeness (QED) is 0.404. The van der Waals surface area contributed by atoms with E-state index in [1.165, 1.54) is 0 Å². The van der Waals surface area contributed by atoms with Crippen LogP contribution in [0.2, 0.25) is 0 Å². The lowest BCUT2D eigenvalue weighted by Crippen LogP contribution is -2.11. The monoisotopic (exact) mass is 448 g/mol. The maximum atomic E-state index is 12.3. The van der Waals surface area contributed by atoms with E-state index < -0.39 is 0 Å². The molecule has 1 amide bonds. The molecule has 0 aliphatic carbocycles. The Hall–Kier alpha value is -3.55. The number of hydrogen-bond donors (Lipinski definition) is 1. The van der Waals surface area contributed by atoms with Crippen LogP contribution in [0.1, 0.15) is 25.9 Å². The highest BCUT2D eigenvalue weighted by molar-refractivity contribution is 7.15. The van der Waals surface area contributed by atoms with Gasteiger partial charge in [-0.05, 0) is 53.6 Å². The lowest BCUT2D eigenvalue weighted by atomic mass is 10.2. The highest BCUT2D eigenvalue weighted by Crippen LogP contribution is 2.26. The van der Waals surface area contributed by atoms with Crippen molar-refractivity contribution in [3.8, 4) is 5.75 Å². The van der Waals surface area contributed by atoms with E-state index >= 15 is 0 Å². The zero-order valence-electron chi connectivity index (χ0n) is 16.2. The Kier molecular flexibility index (Phi) is 6.66. The van der Waals surface area contributed by atoms with Crippen molar-refractivity contribution in [2.75, 3.05) is 5.32 Å². The SMILES string of the molecule is O=C(Nc1ccccc1)c1nnc(/C(Cl)=C/c2ccc(OCc3ccncc3)cc2)s1. The van der Waals surface area contributed by atoms with Crippen molar-refractivity contribution < 1.29 is 9.53 Å². The third-order valence-corrected chi connectivity index (χ3v) is 5.54. The summed E-state index contributed by atoms with van der Waals surface area (Å²) in [4.78, 5) is 16.3. The molecule has 1 N–H and O–H groups in total. The second-order valence-corrected chi connectivity index (χ2v) is 7.82. The molecule has 0 radical (unpaired) electrons. The minimum atomic E-state index is -0.324. The van der Waals surface area contributed by atoms with E-state index in [0.717, 1.165) is 28.2 Å². The van der Waals surface area contributed by atoms with Crippen molar-refractivity contribution >= 4 is 45.6 Å². The van der Waals surface area contributed by atoms with Crippen molar-refractivity contribution in [3.05, 3.63) is 100 Å². The van der Waals surface area contributed by atoms with Gasteiger partial charge in [-0.1, -0.05) is 53.3 Å². The highest BCUT2D eigenvalue weighted by atomic mass is 35.5. The van der Waals surface area contributed by atoms with Crippen molar-refractivity contribution in [1.29, 1.82) is 0 Å². The van der Waals surface area contributed by atoms with E-state index in [2.05, 4.69) is 20.5 Å². The number of hydrogen-bond acceptors (Lipinski definition) is 6. The number of halogens is 1. The van der Waals surface area contributed by atoms with Gasteiger partial charge in [-0.25, -0.2) is 0 Å². The first kappa shape index (κ1) is 20.7. The third-order valence-electron chi connectivity index (χ3n) is 4.18. The summed E-state index contributed by atoms with van der Waals surface area (Å²) in [7, 11) is 0. The number of ether oxygens (including phenoxy) is 1. The number of carbonyl (C=O) groups is 1. The summed E-state index contributed by atoms with van der Waals surface area (Å²) in [6.07, 6.45) is 5.24. The number of nitrogens with one attached hydrogen (secondary N) is 1. The number of nitrogens with zero attached hydrogens (tertiary/aromatic N) is 3. The van der Waals surface area contributed by atoms with Crippen molar-refractivity contribution in [2.24, 2.45) is 0 Å². The molecule has 6 nitrogen and oxygen atoms in total. The maximum Gasteiger partial charge on any atom is 0.286 e. The van der Waals surface area contributed by atoms with Gasteiger partial charge in [-0.15, -0.1) is 10.2 Å². The molecule has 31 heavy (non-hydrogen) atoms. The van der Waals surface area contributed by atoms with E-state index in [0.29, 0.717) is 22.3 Å². The Labute approximate surface area is 188 Å². The first-order chi connectivity index (χ1) is 15.2. The van der Waals surface area contributed by atoms with E-state index in [9.17, 15) is 4.79 Å². The number of carbonyl (C=O) groups excluding carboxylic acids is 1. The molecule has 0 fully saturated rings. The zero-order valence-corrected chi connectivity index (χ0v) is 17.8. The molecule has 0 aliphatic rings. The molecule has 154 valence electrons. The van der Waals surface area contributed by atoms with Gasteiger partial charge in [0.1, 0.15) is 12.4 Å². The van der Waals surface area contributed by atoms with Gasteiger partial charge in [0.05, 0.1) is 5.03 Å². The summed E-state index contributed by atoms with van der Waals surface area (Å²) in [6.45, 7) is 0.469. The Morgan fingerprint density at radius 3 is 2.42 bits per heavy atom. The molecule has 2 aromatic heterocycles. The fourth-order valence-corrected chi connectivity index (χ4v) is 3.56. The Morgan fingerprint density at radius 1 is 0.968 bits per heavy atom. The average Bonchev–Trinajstić information content (AvgIpc) is 3.31. The summed E-state index contributed by atoms with van der Waals surface area (Å²) < 4.78 is 5.77. The minimum absolute atomic E-state index is 0.241. The van der Waals surface area contributed by atoms with Crippen LogP contribution in [0.3, 0.4) is 0 Å². The van der Waals surface area contributed by atoms with Crippen molar-refractivity contribution in [1.82, 2.24) is 15.2 Å². The number of aromatic nitrogens is 3. The summed E-state index contributed by atoms with van der Waals surface area (Å²) in [6, 6.07) is 20.5. The fraction of sp³-hybridized carbons (Fsp3) is 0.0435. The van der Waals surface area contributed by atoms with Crippen LogP contribution >= 0.6 is 22.9 Å². The number of rotatable bonds is 7. The lowest BCUT2D eigenvalue weighted by Gasteiger charge is -2.06. The topological polar surface area (TPSA) is 77.0 Å². The minimum Gasteiger partial charge on any atom is -0.489 e. The predicted molar refractivity (Wildman–Crippen MR) is 123 cm³/mol. The maximum absolute atomic E-state index is 12.3. The molecule has 4 rings (SSSR count). The molecular formula is C23H17ClN4O2S. The molecule has 0 saturated carbocycles. The molecule has 4 aromatic rings. The molecule has 0 spiro atoms. The summed E-state index contributed by atoms with van der Waals surface area (Å²) in [5.74, 6) is 0.427. The molecule has 2 aromatic carbocycles. The van der Waals surface area contributed by atoms with Crippen LogP contribution in [-0.4, -0.2) is 21.1 Å². The Bertz CT molecular complexity index is 1180. The lowest BCUT2D eigenvalue weighted by molar-refractivity contribution is 0.102. The van der Waals surface area contributed by atoms with Crippen LogP contribution in [-0.2, 0) is 6.61 Å². The van der Waals surface area contributed by atoms with Crippen LogP contribution in [0.4, 0.5) is 5.69 Å². The summed E-state index contributed by atoms with van der Waals surface area (Å²) in [5, 5.41) is 11.9. The standard InChI is InChI=1S/C23H17ClN4O2S/c24-20(22-27-28-23(31-22)21(29)26-18-4-2-1-3-5-18)14-16-6-8-19(9-7-16)30-15-17-10-12-25-13-11-17/h1-14H,15H2,(H,26,29)/b20-14-. The van der Waals surface area contributed by atoms with Crippen LogP contribution in [0.25, 0.3) is 11.1 Å². The number of para-hydroxylation sites is 1. The fourth-order valence-electron chi connectivity index (χ4n) is 2.63. The van der Waals surface area contributed by atoms with Gasteiger partial charge < -0.3 is 10.1 Å². The van der Waals surface area contributed by atoms with Crippen molar-refractivity contribution in [2.45, 2.75) is 6.61 Å². The molecule has 0 aliphatic heterocycles. The Morgan fingerprint density at radius 2 is 1.68 bits per heavy atom. The van der Waals surface area contributed by atoms with E-state index in [-0.39, 0.29) is 10.9 Å². The van der Waals surface area contributed by atoms with Gasteiger partial charge in [0.25, 0.3) is 5.91 Å². The predicted octanol–water partition coefficient (Wildman–Crippen LogP) is 5.50. The third kappa shape index (κ3) is 5.75. The van der Waals surface area contributed by atoms with Gasteiger partial charge in [-0.2, -0.15) is 0 Å². The largest absolute Gasteiger partial charge is 0.489 e.